The van der Waals surface area contributed by atoms with Crippen LogP contribution in [-0.2, 0) is 6.42 Å². The zero-order valence-electron chi connectivity index (χ0n) is 9.61. The Morgan fingerprint density at radius 3 is 3.00 bits per heavy atom. The van der Waals surface area contributed by atoms with Crippen LogP contribution in [0.4, 0.5) is 0 Å². The van der Waals surface area contributed by atoms with Gasteiger partial charge in [-0.2, -0.15) is 0 Å². The van der Waals surface area contributed by atoms with Crippen molar-refractivity contribution in [3.8, 4) is 10.6 Å². The van der Waals surface area contributed by atoms with E-state index in [2.05, 4.69) is 15.5 Å². The molecule has 0 bridgehead atoms. The van der Waals surface area contributed by atoms with E-state index in [4.69, 9.17) is 11.6 Å². The maximum absolute atomic E-state index is 5.95. The summed E-state index contributed by atoms with van der Waals surface area (Å²) in [5.41, 5.74) is 1.04. The van der Waals surface area contributed by atoms with E-state index < -0.39 is 0 Å². The molecule has 17 heavy (non-hydrogen) atoms. The normalized spacial score (nSPS) is 10.7. The molecule has 0 amide bonds. The van der Waals surface area contributed by atoms with Crippen molar-refractivity contribution in [1.82, 2.24) is 15.5 Å². The first-order valence-corrected chi connectivity index (χ1v) is 6.72. The van der Waals surface area contributed by atoms with E-state index in [1.165, 1.54) is 0 Å². The monoisotopic (exact) mass is 267 g/mol. The van der Waals surface area contributed by atoms with Crippen LogP contribution in [0.5, 0.6) is 0 Å². The summed E-state index contributed by atoms with van der Waals surface area (Å²) < 4.78 is 0. The smallest absolute Gasteiger partial charge is 0.147 e. The van der Waals surface area contributed by atoms with Crippen LogP contribution in [0.2, 0.25) is 5.02 Å². The Labute approximate surface area is 110 Å². The molecule has 90 valence electrons. The van der Waals surface area contributed by atoms with Gasteiger partial charge in [-0.1, -0.05) is 35.1 Å². The van der Waals surface area contributed by atoms with Gasteiger partial charge in [0.1, 0.15) is 10.0 Å². The van der Waals surface area contributed by atoms with Gasteiger partial charge in [0.15, 0.2) is 0 Å². The number of halogens is 1. The molecule has 0 saturated heterocycles. The number of aromatic nitrogens is 2. The van der Waals surface area contributed by atoms with Crippen LogP contribution in [0.1, 0.15) is 11.4 Å². The van der Waals surface area contributed by atoms with Crippen molar-refractivity contribution in [2.45, 2.75) is 12.8 Å². The van der Waals surface area contributed by atoms with Crippen LogP contribution < -0.4 is 5.32 Å². The number of hydrogen-bond acceptors (Lipinski definition) is 4. The molecule has 1 heterocycles. The van der Waals surface area contributed by atoms with Crippen molar-refractivity contribution in [3.05, 3.63) is 34.3 Å². The molecule has 2 aromatic rings. The van der Waals surface area contributed by atoms with E-state index in [9.17, 15) is 0 Å². The summed E-state index contributed by atoms with van der Waals surface area (Å²) in [6.45, 7) is 1.01. The zero-order chi connectivity index (χ0) is 12.1. The van der Waals surface area contributed by atoms with Gasteiger partial charge in [-0.25, -0.2) is 0 Å². The number of hydrogen-bond donors (Lipinski definition) is 1. The van der Waals surface area contributed by atoms with Crippen molar-refractivity contribution in [2.75, 3.05) is 13.6 Å². The van der Waals surface area contributed by atoms with Crippen LogP contribution in [0, 0.1) is 0 Å². The highest BCUT2D eigenvalue weighted by atomic mass is 35.5. The first kappa shape index (κ1) is 12.5. The fourth-order valence-corrected chi connectivity index (χ4v) is 2.58. The van der Waals surface area contributed by atoms with E-state index in [0.29, 0.717) is 0 Å². The fraction of sp³-hybridized carbons (Fsp3) is 0.333. The second kappa shape index (κ2) is 6.10. The standard InChI is InChI=1S/C12H14ClN3S/c1-14-7-3-6-11-15-16-12(17-11)9-4-2-5-10(13)8-9/h2,4-5,8,14H,3,6-7H2,1H3. The van der Waals surface area contributed by atoms with Gasteiger partial charge in [0.05, 0.1) is 0 Å². The summed E-state index contributed by atoms with van der Waals surface area (Å²) in [5.74, 6) is 0. The predicted molar refractivity (Wildman–Crippen MR) is 72.6 cm³/mol. The fourth-order valence-electron chi connectivity index (χ4n) is 1.51. The number of rotatable bonds is 5. The molecule has 0 atom stereocenters. The molecule has 0 aliphatic heterocycles. The average molecular weight is 268 g/mol. The Kier molecular flexibility index (Phi) is 4.48. The number of aryl methyl sites for hydroxylation is 1. The third-order valence-corrected chi connectivity index (χ3v) is 3.62. The topological polar surface area (TPSA) is 37.8 Å². The van der Waals surface area contributed by atoms with Crippen molar-refractivity contribution in [3.63, 3.8) is 0 Å². The number of nitrogens with one attached hydrogen (secondary N) is 1. The molecule has 1 aromatic heterocycles. The molecule has 1 N–H and O–H groups in total. The maximum Gasteiger partial charge on any atom is 0.147 e. The molecule has 3 nitrogen and oxygen atoms in total. The Morgan fingerprint density at radius 1 is 1.35 bits per heavy atom. The van der Waals surface area contributed by atoms with E-state index in [1.54, 1.807) is 11.3 Å². The second-order valence-corrected chi connectivity index (χ2v) is 5.22. The highest BCUT2D eigenvalue weighted by Gasteiger charge is 2.06. The largest absolute Gasteiger partial charge is 0.320 e. The molecule has 0 saturated carbocycles. The summed E-state index contributed by atoms with van der Waals surface area (Å²) in [7, 11) is 1.96. The first-order chi connectivity index (χ1) is 8.29. The SMILES string of the molecule is CNCCCc1nnc(-c2cccc(Cl)c2)s1. The molecule has 0 aliphatic carbocycles. The lowest BCUT2D eigenvalue weighted by Crippen LogP contribution is -2.08. The van der Waals surface area contributed by atoms with Crippen LogP contribution >= 0.6 is 22.9 Å². The molecular formula is C12H14ClN3S. The van der Waals surface area contributed by atoms with E-state index in [1.807, 2.05) is 31.3 Å². The molecule has 0 aliphatic rings. The summed E-state index contributed by atoms with van der Waals surface area (Å²) in [6.07, 6.45) is 2.06. The molecule has 0 fully saturated rings. The Bertz CT molecular complexity index is 484. The van der Waals surface area contributed by atoms with Gasteiger partial charge < -0.3 is 5.32 Å². The van der Waals surface area contributed by atoms with Crippen LogP contribution in [0.25, 0.3) is 10.6 Å². The van der Waals surface area contributed by atoms with Gasteiger partial charge in [-0.05, 0) is 32.1 Å². The van der Waals surface area contributed by atoms with Gasteiger partial charge in [-0.15, -0.1) is 10.2 Å². The molecule has 5 heteroatoms. The van der Waals surface area contributed by atoms with E-state index >= 15 is 0 Å². The molecule has 0 spiro atoms. The van der Waals surface area contributed by atoms with E-state index in [-0.39, 0.29) is 0 Å². The van der Waals surface area contributed by atoms with Gasteiger partial charge in [-0.3, -0.25) is 0 Å². The quantitative estimate of drug-likeness (QED) is 0.847. The summed E-state index contributed by atoms with van der Waals surface area (Å²) in [5, 5.41) is 14.3. The lowest BCUT2D eigenvalue weighted by atomic mass is 10.2. The van der Waals surface area contributed by atoms with Crippen LogP contribution in [0.3, 0.4) is 0 Å². The molecule has 2 rings (SSSR count). The average Bonchev–Trinajstić information content (AvgIpc) is 2.78. The minimum Gasteiger partial charge on any atom is -0.320 e. The minimum atomic E-state index is 0.731. The van der Waals surface area contributed by atoms with Crippen molar-refractivity contribution < 1.29 is 0 Å². The zero-order valence-corrected chi connectivity index (χ0v) is 11.2. The first-order valence-electron chi connectivity index (χ1n) is 5.52. The minimum absolute atomic E-state index is 0.731. The highest BCUT2D eigenvalue weighted by Crippen LogP contribution is 2.26. The third kappa shape index (κ3) is 3.49. The summed E-state index contributed by atoms with van der Waals surface area (Å²) in [4.78, 5) is 0. The molecule has 0 radical (unpaired) electrons. The number of benzene rings is 1. The van der Waals surface area contributed by atoms with Gasteiger partial charge in [0.2, 0.25) is 0 Å². The predicted octanol–water partition coefficient (Wildman–Crippen LogP) is 3.01. The van der Waals surface area contributed by atoms with Gasteiger partial charge >= 0.3 is 0 Å². The van der Waals surface area contributed by atoms with Crippen molar-refractivity contribution in [2.24, 2.45) is 0 Å². The van der Waals surface area contributed by atoms with Gasteiger partial charge in [0.25, 0.3) is 0 Å². The van der Waals surface area contributed by atoms with E-state index in [0.717, 1.165) is 40.0 Å². The molecular weight excluding hydrogens is 254 g/mol. The Balaban J connectivity index is 2.07. The lowest BCUT2D eigenvalue weighted by molar-refractivity contribution is 0.718. The summed E-state index contributed by atoms with van der Waals surface area (Å²) >= 11 is 7.59. The van der Waals surface area contributed by atoms with Crippen LogP contribution in [0.15, 0.2) is 24.3 Å². The van der Waals surface area contributed by atoms with Crippen molar-refractivity contribution >= 4 is 22.9 Å². The molecule has 1 aromatic carbocycles. The maximum atomic E-state index is 5.95. The Morgan fingerprint density at radius 2 is 2.24 bits per heavy atom. The Hall–Kier alpha value is -0.970. The lowest BCUT2D eigenvalue weighted by Gasteiger charge is -1.95. The highest BCUT2D eigenvalue weighted by molar-refractivity contribution is 7.14. The second-order valence-electron chi connectivity index (χ2n) is 3.72. The van der Waals surface area contributed by atoms with Gasteiger partial charge in [0, 0.05) is 17.0 Å². The third-order valence-electron chi connectivity index (χ3n) is 2.36. The van der Waals surface area contributed by atoms with Crippen LogP contribution in [-0.4, -0.2) is 23.8 Å². The van der Waals surface area contributed by atoms with Crippen molar-refractivity contribution in [1.29, 1.82) is 0 Å². The molecule has 0 unspecified atom stereocenters. The number of nitrogens with zero attached hydrogens (tertiary/aromatic N) is 2. The summed E-state index contributed by atoms with van der Waals surface area (Å²) in [6, 6.07) is 7.71.